The highest BCUT2D eigenvalue weighted by molar-refractivity contribution is 5.66. The summed E-state index contributed by atoms with van der Waals surface area (Å²) in [4.78, 5) is 2.43. The SMILES string of the molecule is CC1(C)C=Cc2cc3c(cc2O1)OC[C@@H]1c2ccc(OCCN4CCNCC4)cc2O[C@H]31. The van der Waals surface area contributed by atoms with E-state index in [2.05, 4.69) is 54.4 Å². The number of fused-ring (bicyclic) bond motifs is 6. The van der Waals surface area contributed by atoms with Crippen molar-refractivity contribution < 1.29 is 18.9 Å². The van der Waals surface area contributed by atoms with Crippen LogP contribution in [0.25, 0.3) is 6.08 Å². The molecule has 0 amide bonds. The van der Waals surface area contributed by atoms with Gasteiger partial charge in [0, 0.05) is 61.5 Å². The second kappa shape index (κ2) is 7.71. The van der Waals surface area contributed by atoms with Crippen LogP contribution in [0, 0.1) is 0 Å². The van der Waals surface area contributed by atoms with E-state index in [1.54, 1.807) is 0 Å². The first kappa shape index (κ1) is 19.9. The Balaban J connectivity index is 1.19. The highest BCUT2D eigenvalue weighted by atomic mass is 16.5. The van der Waals surface area contributed by atoms with E-state index in [-0.39, 0.29) is 17.6 Å². The Kier molecular flexibility index (Phi) is 4.81. The number of ether oxygens (including phenoxy) is 4. The molecule has 6 rings (SSSR count). The van der Waals surface area contributed by atoms with Gasteiger partial charge in [-0.3, -0.25) is 4.90 Å². The second-order valence-electron chi connectivity index (χ2n) is 9.56. The molecule has 0 aromatic heterocycles. The molecule has 6 heteroatoms. The lowest BCUT2D eigenvalue weighted by molar-refractivity contribution is 0.135. The van der Waals surface area contributed by atoms with E-state index in [0.29, 0.717) is 13.2 Å². The molecular formula is C26H30N2O4. The summed E-state index contributed by atoms with van der Waals surface area (Å²) in [5.41, 5.74) is 3.05. The maximum Gasteiger partial charge on any atom is 0.138 e. The summed E-state index contributed by atoms with van der Waals surface area (Å²) in [6.45, 7) is 10.6. The minimum Gasteiger partial charge on any atom is -0.492 e. The maximum absolute atomic E-state index is 6.46. The fraction of sp³-hybridized carbons (Fsp3) is 0.462. The number of nitrogens with one attached hydrogen (secondary N) is 1. The van der Waals surface area contributed by atoms with E-state index >= 15 is 0 Å². The van der Waals surface area contributed by atoms with Crippen LogP contribution < -0.4 is 24.3 Å². The topological polar surface area (TPSA) is 52.2 Å². The first-order valence-electron chi connectivity index (χ1n) is 11.6. The molecule has 1 saturated heterocycles. The zero-order valence-electron chi connectivity index (χ0n) is 18.7. The number of hydrogen-bond donors (Lipinski definition) is 1. The van der Waals surface area contributed by atoms with Crippen molar-refractivity contribution in [2.45, 2.75) is 31.5 Å². The molecule has 2 aromatic rings. The summed E-state index contributed by atoms with van der Waals surface area (Å²) in [6.07, 6.45) is 4.19. The van der Waals surface area contributed by atoms with Gasteiger partial charge in [-0.15, -0.1) is 0 Å². The van der Waals surface area contributed by atoms with Crippen LogP contribution in [0.4, 0.5) is 0 Å². The lowest BCUT2D eigenvalue weighted by Gasteiger charge is -2.32. The second-order valence-corrected chi connectivity index (χ2v) is 9.56. The van der Waals surface area contributed by atoms with Crippen LogP contribution in [0.15, 0.2) is 36.4 Å². The fourth-order valence-corrected chi connectivity index (χ4v) is 5.03. The van der Waals surface area contributed by atoms with Gasteiger partial charge in [-0.1, -0.05) is 12.1 Å². The van der Waals surface area contributed by atoms with Gasteiger partial charge in [0.15, 0.2) is 0 Å². The summed E-state index contributed by atoms with van der Waals surface area (Å²) in [5, 5.41) is 3.38. The fourth-order valence-electron chi connectivity index (χ4n) is 5.03. The van der Waals surface area contributed by atoms with Crippen LogP contribution in [0.5, 0.6) is 23.0 Å². The number of benzene rings is 2. The predicted octanol–water partition coefficient (Wildman–Crippen LogP) is 3.76. The third-order valence-electron chi connectivity index (χ3n) is 6.79. The molecule has 4 heterocycles. The standard InChI is InChI=1S/C26H30N2O4/c1-26(2)6-5-17-13-20-23(15-22(17)32-26)30-16-21-19-4-3-18(14-24(19)31-25(20)21)29-12-11-28-9-7-27-8-10-28/h3-6,13-15,21,25,27H,7-12,16H2,1-2H3/t21-,25-/m1/s1. The van der Waals surface area contributed by atoms with Crippen molar-refractivity contribution in [1.29, 1.82) is 0 Å². The van der Waals surface area contributed by atoms with E-state index in [1.165, 1.54) is 5.56 Å². The Labute approximate surface area is 189 Å². The quantitative estimate of drug-likeness (QED) is 0.791. The first-order chi connectivity index (χ1) is 15.6. The lowest BCUT2D eigenvalue weighted by atomic mass is 9.88. The molecule has 0 saturated carbocycles. The van der Waals surface area contributed by atoms with E-state index in [1.807, 2.05) is 12.1 Å². The monoisotopic (exact) mass is 434 g/mol. The van der Waals surface area contributed by atoms with E-state index in [0.717, 1.165) is 66.8 Å². The molecule has 2 atom stereocenters. The molecule has 0 unspecified atom stereocenters. The van der Waals surface area contributed by atoms with E-state index < -0.39 is 0 Å². The minimum atomic E-state index is -0.306. The number of rotatable bonds is 4. The lowest BCUT2D eigenvalue weighted by Crippen LogP contribution is -2.44. The van der Waals surface area contributed by atoms with Crippen molar-refractivity contribution in [2.24, 2.45) is 0 Å². The molecular weight excluding hydrogens is 404 g/mol. The van der Waals surface area contributed by atoms with E-state index in [9.17, 15) is 0 Å². The maximum atomic E-state index is 6.46. The van der Waals surface area contributed by atoms with Crippen molar-refractivity contribution in [3.05, 3.63) is 53.1 Å². The minimum absolute atomic E-state index is 0.0431. The zero-order chi connectivity index (χ0) is 21.7. The average molecular weight is 435 g/mol. The van der Waals surface area contributed by atoms with Gasteiger partial charge >= 0.3 is 0 Å². The molecule has 4 aliphatic heterocycles. The Morgan fingerprint density at radius 1 is 1.06 bits per heavy atom. The summed E-state index contributed by atoms with van der Waals surface area (Å²) in [6, 6.07) is 10.4. The van der Waals surface area contributed by atoms with Crippen molar-refractivity contribution in [3.8, 4) is 23.0 Å². The van der Waals surface area contributed by atoms with E-state index in [4.69, 9.17) is 18.9 Å². The largest absolute Gasteiger partial charge is 0.492 e. The molecule has 2 aromatic carbocycles. The predicted molar refractivity (Wildman–Crippen MR) is 123 cm³/mol. The van der Waals surface area contributed by atoms with Crippen molar-refractivity contribution in [2.75, 3.05) is 45.9 Å². The molecule has 6 nitrogen and oxygen atoms in total. The molecule has 32 heavy (non-hydrogen) atoms. The van der Waals surface area contributed by atoms with Gasteiger partial charge in [0.2, 0.25) is 0 Å². The average Bonchev–Trinajstić information content (AvgIpc) is 3.16. The van der Waals surface area contributed by atoms with Gasteiger partial charge in [-0.25, -0.2) is 0 Å². The number of hydrogen-bond acceptors (Lipinski definition) is 6. The Morgan fingerprint density at radius 2 is 1.94 bits per heavy atom. The van der Waals surface area contributed by atoms with Crippen molar-refractivity contribution >= 4 is 6.08 Å². The van der Waals surface area contributed by atoms with Crippen LogP contribution in [-0.2, 0) is 0 Å². The van der Waals surface area contributed by atoms with Gasteiger partial charge in [0.1, 0.15) is 41.3 Å². The van der Waals surface area contributed by atoms with Crippen LogP contribution in [0.1, 0.15) is 42.6 Å². The molecule has 4 aliphatic rings. The highest BCUT2D eigenvalue weighted by Gasteiger charge is 2.41. The van der Waals surface area contributed by atoms with Gasteiger partial charge in [0.05, 0.1) is 12.5 Å². The highest BCUT2D eigenvalue weighted by Crippen LogP contribution is 2.53. The van der Waals surface area contributed by atoms with Crippen molar-refractivity contribution in [1.82, 2.24) is 10.2 Å². The smallest absolute Gasteiger partial charge is 0.138 e. The summed E-state index contributed by atoms with van der Waals surface area (Å²) in [5.74, 6) is 3.68. The van der Waals surface area contributed by atoms with Gasteiger partial charge in [-0.05, 0) is 32.1 Å². The Bertz CT molecular complexity index is 1060. The summed E-state index contributed by atoms with van der Waals surface area (Å²) >= 11 is 0. The van der Waals surface area contributed by atoms with Crippen LogP contribution in [-0.4, -0.2) is 56.4 Å². The molecule has 1 fully saturated rings. The van der Waals surface area contributed by atoms with Gasteiger partial charge in [-0.2, -0.15) is 0 Å². The third-order valence-corrected chi connectivity index (χ3v) is 6.79. The third kappa shape index (κ3) is 3.61. The van der Waals surface area contributed by atoms with Gasteiger partial charge < -0.3 is 24.3 Å². The summed E-state index contributed by atoms with van der Waals surface area (Å²) < 4.78 is 24.8. The van der Waals surface area contributed by atoms with Crippen LogP contribution in [0.2, 0.25) is 0 Å². The molecule has 0 aliphatic carbocycles. The zero-order valence-corrected chi connectivity index (χ0v) is 18.7. The van der Waals surface area contributed by atoms with Crippen molar-refractivity contribution in [3.63, 3.8) is 0 Å². The molecule has 0 radical (unpaired) electrons. The molecule has 0 bridgehead atoms. The molecule has 1 N–H and O–H groups in total. The Hall–Kier alpha value is -2.70. The Morgan fingerprint density at radius 3 is 2.81 bits per heavy atom. The normalized spacial score (nSPS) is 24.8. The van der Waals surface area contributed by atoms with Crippen LogP contribution >= 0.6 is 0 Å². The number of nitrogens with zero attached hydrogens (tertiary/aromatic N) is 1. The van der Waals surface area contributed by atoms with Crippen LogP contribution in [0.3, 0.4) is 0 Å². The first-order valence-corrected chi connectivity index (χ1v) is 11.6. The van der Waals surface area contributed by atoms with Gasteiger partial charge in [0.25, 0.3) is 0 Å². The summed E-state index contributed by atoms with van der Waals surface area (Å²) in [7, 11) is 0. The molecule has 0 spiro atoms. The number of piperazine rings is 1. The molecule has 168 valence electrons.